The summed E-state index contributed by atoms with van der Waals surface area (Å²) < 4.78 is 6.42. The molecule has 1 aromatic carbocycles. The van der Waals surface area contributed by atoms with Crippen LogP contribution in [0.15, 0.2) is 24.3 Å². The molecular formula is C14H20INO2. The van der Waals surface area contributed by atoms with Gasteiger partial charge in [-0.25, -0.2) is 0 Å². The van der Waals surface area contributed by atoms with Crippen LogP contribution >= 0.6 is 22.6 Å². The van der Waals surface area contributed by atoms with E-state index in [-0.39, 0.29) is 12.0 Å². The predicted molar refractivity (Wildman–Crippen MR) is 81.8 cm³/mol. The van der Waals surface area contributed by atoms with Gasteiger partial charge in [-0.1, -0.05) is 12.1 Å². The first kappa shape index (κ1) is 15.4. The molecule has 100 valence electrons. The summed E-state index contributed by atoms with van der Waals surface area (Å²) in [6, 6.07) is 7.60. The number of hydrogen-bond acceptors (Lipinski definition) is 2. The molecule has 0 aliphatic heterocycles. The van der Waals surface area contributed by atoms with Crippen molar-refractivity contribution in [1.29, 1.82) is 0 Å². The van der Waals surface area contributed by atoms with E-state index in [0.29, 0.717) is 6.54 Å². The lowest BCUT2D eigenvalue weighted by Gasteiger charge is -2.08. The average Bonchev–Trinajstić information content (AvgIpc) is 2.33. The van der Waals surface area contributed by atoms with Gasteiger partial charge >= 0.3 is 0 Å². The summed E-state index contributed by atoms with van der Waals surface area (Å²) in [6.07, 6.45) is 2.21. The van der Waals surface area contributed by atoms with Crippen molar-refractivity contribution in [2.75, 3.05) is 13.2 Å². The van der Waals surface area contributed by atoms with E-state index in [9.17, 15) is 4.79 Å². The monoisotopic (exact) mass is 361 g/mol. The summed E-state index contributed by atoms with van der Waals surface area (Å²) in [6.45, 7) is 5.51. The molecule has 0 unspecified atom stereocenters. The minimum atomic E-state index is 0.00442. The lowest BCUT2D eigenvalue weighted by molar-refractivity contribution is 0.0754. The molecule has 0 radical (unpaired) electrons. The van der Waals surface area contributed by atoms with Crippen LogP contribution in [-0.2, 0) is 4.74 Å². The van der Waals surface area contributed by atoms with Crippen molar-refractivity contribution in [3.63, 3.8) is 0 Å². The van der Waals surface area contributed by atoms with Crippen molar-refractivity contribution < 1.29 is 9.53 Å². The van der Waals surface area contributed by atoms with Gasteiger partial charge in [-0.05, 0) is 61.4 Å². The highest BCUT2D eigenvalue weighted by Gasteiger charge is 2.07. The van der Waals surface area contributed by atoms with E-state index in [1.54, 1.807) is 0 Å². The first-order chi connectivity index (χ1) is 8.61. The molecule has 1 rings (SSSR count). The minimum absolute atomic E-state index is 0.00442. The number of amides is 1. The van der Waals surface area contributed by atoms with Crippen molar-refractivity contribution in [3.8, 4) is 0 Å². The highest BCUT2D eigenvalue weighted by molar-refractivity contribution is 14.1. The molecule has 1 aromatic rings. The topological polar surface area (TPSA) is 38.3 Å². The van der Waals surface area contributed by atoms with Crippen molar-refractivity contribution >= 4 is 28.5 Å². The number of ether oxygens (including phenoxy) is 1. The Labute approximate surface area is 122 Å². The van der Waals surface area contributed by atoms with Crippen LogP contribution in [0, 0.1) is 3.57 Å². The Hall–Kier alpha value is -0.620. The molecule has 0 aliphatic rings. The van der Waals surface area contributed by atoms with Crippen LogP contribution in [0.2, 0.25) is 0 Å². The van der Waals surface area contributed by atoms with Gasteiger partial charge in [0.05, 0.1) is 11.7 Å². The second-order valence-corrected chi connectivity index (χ2v) is 5.52. The number of benzene rings is 1. The molecule has 0 aliphatic carbocycles. The molecule has 0 bridgehead atoms. The second-order valence-electron chi connectivity index (χ2n) is 4.36. The van der Waals surface area contributed by atoms with E-state index < -0.39 is 0 Å². The van der Waals surface area contributed by atoms with Crippen LogP contribution < -0.4 is 5.32 Å². The third-order valence-electron chi connectivity index (χ3n) is 2.43. The Balaban J connectivity index is 2.20. The molecule has 1 amide bonds. The summed E-state index contributed by atoms with van der Waals surface area (Å²) >= 11 is 2.18. The minimum Gasteiger partial charge on any atom is -0.379 e. The maximum absolute atomic E-state index is 11.9. The Bertz CT molecular complexity index is 380. The van der Waals surface area contributed by atoms with Gasteiger partial charge in [0, 0.05) is 16.7 Å². The van der Waals surface area contributed by atoms with Gasteiger partial charge in [-0.15, -0.1) is 0 Å². The molecule has 0 saturated heterocycles. The maximum Gasteiger partial charge on any atom is 0.252 e. The molecule has 0 atom stereocenters. The summed E-state index contributed by atoms with van der Waals surface area (Å²) in [5, 5.41) is 2.93. The number of hydrogen-bond donors (Lipinski definition) is 1. The average molecular weight is 361 g/mol. The van der Waals surface area contributed by atoms with Crippen LogP contribution in [0.25, 0.3) is 0 Å². The van der Waals surface area contributed by atoms with Crippen molar-refractivity contribution in [3.05, 3.63) is 33.4 Å². The van der Waals surface area contributed by atoms with Crippen LogP contribution in [0.3, 0.4) is 0 Å². The lowest BCUT2D eigenvalue weighted by Crippen LogP contribution is -2.25. The molecule has 0 fully saturated rings. The van der Waals surface area contributed by atoms with Crippen LogP contribution in [0.1, 0.15) is 37.0 Å². The van der Waals surface area contributed by atoms with Gasteiger partial charge in [0.25, 0.3) is 5.91 Å². The zero-order valence-electron chi connectivity index (χ0n) is 10.9. The number of rotatable bonds is 7. The van der Waals surface area contributed by atoms with E-state index >= 15 is 0 Å². The van der Waals surface area contributed by atoms with Crippen LogP contribution in [0.4, 0.5) is 0 Å². The molecule has 1 N–H and O–H groups in total. The van der Waals surface area contributed by atoms with Gasteiger partial charge < -0.3 is 10.1 Å². The van der Waals surface area contributed by atoms with Crippen molar-refractivity contribution in [2.45, 2.75) is 32.8 Å². The largest absolute Gasteiger partial charge is 0.379 e. The van der Waals surface area contributed by atoms with E-state index in [1.165, 1.54) is 0 Å². The maximum atomic E-state index is 11.9. The highest BCUT2D eigenvalue weighted by atomic mass is 127. The van der Waals surface area contributed by atoms with Crippen LogP contribution in [-0.4, -0.2) is 25.2 Å². The molecule has 0 spiro atoms. The second kappa shape index (κ2) is 8.48. The Morgan fingerprint density at radius 1 is 1.33 bits per heavy atom. The van der Waals surface area contributed by atoms with E-state index in [0.717, 1.165) is 28.6 Å². The van der Waals surface area contributed by atoms with Crippen molar-refractivity contribution in [1.82, 2.24) is 5.32 Å². The molecular weight excluding hydrogens is 341 g/mol. The summed E-state index contributed by atoms with van der Waals surface area (Å²) in [4.78, 5) is 11.9. The van der Waals surface area contributed by atoms with Gasteiger partial charge in [0.1, 0.15) is 0 Å². The number of carbonyl (C=O) groups is 1. The molecule has 4 heteroatoms. The first-order valence-corrected chi connectivity index (χ1v) is 7.33. The Morgan fingerprint density at radius 3 is 2.72 bits per heavy atom. The summed E-state index contributed by atoms with van der Waals surface area (Å²) in [5.74, 6) is 0.00442. The fraction of sp³-hybridized carbons (Fsp3) is 0.500. The fourth-order valence-electron chi connectivity index (χ4n) is 1.49. The summed E-state index contributed by atoms with van der Waals surface area (Å²) in [5.41, 5.74) is 0.747. The van der Waals surface area contributed by atoms with E-state index in [1.807, 2.05) is 38.1 Å². The number of unbranched alkanes of at least 4 members (excludes halogenated alkanes) is 1. The number of carbonyl (C=O) groups excluding carboxylic acids is 1. The van der Waals surface area contributed by atoms with Crippen molar-refractivity contribution in [2.24, 2.45) is 0 Å². The SMILES string of the molecule is CC(C)OCCCCNC(=O)c1ccccc1I. The predicted octanol–water partition coefficient (Wildman–Crippen LogP) is 3.23. The zero-order valence-corrected chi connectivity index (χ0v) is 13.1. The zero-order chi connectivity index (χ0) is 13.4. The van der Waals surface area contributed by atoms with Gasteiger partial charge in [-0.2, -0.15) is 0 Å². The first-order valence-electron chi connectivity index (χ1n) is 6.25. The number of nitrogens with one attached hydrogen (secondary N) is 1. The Morgan fingerprint density at radius 2 is 2.06 bits per heavy atom. The molecule has 18 heavy (non-hydrogen) atoms. The third kappa shape index (κ3) is 5.82. The molecule has 0 heterocycles. The third-order valence-corrected chi connectivity index (χ3v) is 3.37. The fourth-order valence-corrected chi connectivity index (χ4v) is 2.12. The quantitative estimate of drug-likeness (QED) is 0.598. The van der Waals surface area contributed by atoms with Gasteiger partial charge in [0.15, 0.2) is 0 Å². The van der Waals surface area contributed by atoms with E-state index in [2.05, 4.69) is 27.9 Å². The van der Waals surface area contributed by atoms with Gasteiger partial charge in [0.2, 0.25) is 0 Å². The van der Waals surface area contributed by atoms with E-state index in [4.69, 9.17) is 4.74 Å². The molecule has 0 saturated carbocycles. The van der Waals surface area contributed by atoms with Gasteiger partial charge in [-0.3, -0.25) is 4.79 Å². The Kier molecular flexibility index (Phi) is 7.27. The normalized spacial score (nSPS) is 10.7. The number of halogens is 1. The molecule has 0 aromatic heterocycles. The summed E-state index contributed by atoms with van der Waals surface area (Å²) in [7, 11) is 0. The molecule has 3 nitrogen and oxygen atoms in total. The lowest BCUT2D eigenvalue weighted by atomic mass is 10.2. The smallest absolute Gasteiger partial charge is 0.252 e. The van der Waals surface area contributed by atoms with Crippen LogP contribution in [0.5, 0.6) is 0 Å². The standard InChI is InChI=1S/C14H20INO2/c1-11(2)18-10-6-5-9-16-14(17)12-7-3-4-8-13(12)15/h3-4,7-8,11H,5-6,9-10H2,1-2H3,(H,16,17). The highest BCUT2D eigenvalue weighted by Crippen LogP contribution is 2.10.